The van der Waals surface area contributed by atoms with Crippen LogP contribution in [0.4, 0.5) is 0 Å². The summed E-state index contributed by atoms with van der Waals surface area (Å²) in [5.74, 6) is 5.57. The predicted octanol–water partition coefficient (Wildman–Crippen LogP) is 1.48. The van der Waals surface area contributed by atoms with Gasteiger partial charge in [0.15, 0.2) is 6.29 Å². The van der Waals surface area contributed by atoms with Crippen molar-refractivity contribution in [3.8, 4) is 11.8 Å². The Hall–Kier alpha value is -1.33. The molecule has 0 N–H and O–H groups in total. The first-order chi connectivity index (χ1) is 5.88. The second kappa shape index (κ2) is 4.53. The van der Waals surface area contributed by atoms with Crippen molar-refractivity contribution < 1.29 is 4.79 Å². The molecule has 60 valence electrons. The summed E-state index contributed by atoms with van der Waals surface area (Å²) in [5.41, 5.74) is 0.975. The van der Waals surface area contributed by atoms with Gasteiger partial charge in [-0.25, -0.2) is 4.98 Å². The second-order valence-electron chi connectivity index (χ2n) is 1.99. The molecule has 0 spiro atoms. The molecule has 0 saturated heterocycles. The summed E-state index contributed by atoms with van der Waals surface area (Å²) < 4.78 is 0. The molecule has 0 saturated carbocycles. The van der Waals surface area contributed by atoms with Crippen LogP contribution in [-0.4, -0.2) is 17.2 Å². The molecule has 0 radical (unpaired) electrons. The van der Waals surface area contributed by atoms with Crippen LogP contribution in [-0.2, 0) is 0 Å². The number of hydrogen-bond donors (Lipinski definition) is 0. The van der Waals surface area contributed by atoms with E-state index in [1.807, 2.05) is 0 Å². The Bertz CT molecular complexity index is 338. The van der Waals surface area contributed by atoms with E-state index in [4.69, 9.17) is 11.6 Å². The first-order valence-electron chi connectivity index (χ1n) is 3.33. The second-order valence-corrected chi connectivity index (χ2v) is 2.26. The molecule has 2 nitrogen and oxygen atoms in total. The van der Waals surface area contributed by atoms with E-state index in [0.717, 1.165) is 6.29 Å². The maximum Gasteiger partial charge on any atom is 0.152 e. The molecule has 0 aliphatic carbocycles. The quantitative estimate of drug-likeness (QED) is 0.371. The molecule has 1 rings (SSSR count). The fourth-order valence-electron chi connectivity index (χ4n) is 0.734. The number of halogens is 1. The predicted molar refractivity (Wildman–Crippen MR) is 47.2 cm³/mol. The Morgan fingerprint density at radius 1 is 1.67 bits per heavy atom. The van der Waals surface area contributed by atoms with Gasteiger partial charge in [0.05, 0.1) is 5.88 Å². The summed E-state index contributed by atoms with van der Waals surface area (Å²) in [5, 5.41) is 0. The van der Waals surface area contributed by atoms with E-state index in [1.54, 1.807) is 18.3 Å². The highest BCUT2D eigenvalue weighted by Crippen LogP contribution is 1.99. The molecule has 0 amide bonds. The van der Waals surface area contributed by atoms with Crippen LogP contribution in [0.2, 0.25) is 0 Å². The maximum atomic E-state index is 10.4. The number of aldehydes is 1. The van der Waals surface area contributed by atoms with Crippen LogP contribution in [0, 0.1) is 11.8 Å². The van der Waals surface area contributed by atoms with Gasteiger partial charge in [-0.15, -0.1) is 11.6 Å². The van der Waals surface area contributed by atoms with Crippen LogP contribution < -0.4 is 0 Å². The number of hydrogen-bond acceptors (Lipinski definition) is 2. The summed E-state index contributed by atoms with van der Waals surface area (Å²) in [6.45, 7) is 0. The summed E-state index contributed by atoms with van der Waals surface area (Å²) in [4.78, 5) is 14.4. The lowest BCUT2D eigenvalue weighted by atomic mass is 10.2. The van der Waals surface area contributed by atoms with E-state index in [0.29, 0.717) is 11.3 Å². The van der Waals surface area contributed by atoms with Crippen LogP contribution in [0.3, 0.4) is 0 Å². The molecule has 0 bridgehead atoms. The third-order valence-corrected chi connectivity index (χ3v) is 1.37. The average Bonchev–Trinajstić information content (AvgIpc) is 2.15. The van der Waals surface area contributed by atoms with Gasteiger partial charge in [0.25, 0.3) is 0 Å². The van der Waals surface area contributed by atoms with E-state index in [9.17, 15) is 4.79 Å². The highest BCUT2D eigenvalue weighted by Gasteiger charge is 1.96. The van der Waals surface area contributed by atoms with Crippen LogP contribution in [0.5, 0.6) is 0 Å². The zero-order valence-electron chi connectivity index (χ0n) is 6.25. The largest absolute Gasteiger partial charge is 0.298 e. The molecule has 0 unspecified atom stereocenters. The molecule has 0 fully saturated rings. The lowest BCUT2D eigenvalue weighted by Crippen LogP contribution is -1.90. The molecule has 1 aromatic heterocycles. The minimum Gasteiger partial charge on any atom is -0.298 e. The Morgan fingerprint density at radius 2 is 2.50 bits per heavy atom. The molecule has 0 aromatic carbocycles. The molecule has 3 heteroatoms. The SMILES string of the molecule is O=Cc1cccnc1C#CCCl. The number of rotatable bonds is 1. The van der Waals surface area contributed by atoms with Gasteiger partial charge >= 0.3 is 0 Å². The number of pyridine rings is 1. The van der Waals surface area contributed by atoms with Crippen molar-refractivity contribution >= 4 is 17.9 Å². The van der Waals surface area contributed by atoms with Crippen molar-refractivity contribution in [2.24, 2.45) is 0 Å². The summed E-state index contributed by atoms with van der Waals surface area (Å²) >= 11 is 5.36. The number of carbonyl (C=O) groups is 1. The third-order valence-electron chi connectivity index (χ3n) is 1.24. The van der Waals surface area contributed by atoms with E-state index in [1.165, 1.54) is 0 Å². The molecule has 1 heterocycles. The lowest BCUT2D eigenvalue weighted by molar-refractivity contribution is 0.112. The van der Waals surface area contributed by atoms with Gasteiger partial charge in [-0.05, 0) is 18.1 Å². The topological polar surface area (TPSA) is 30.0 Å². The normalized spacial score (nSPS) is 8.42. The van der Waals surface area contributed by atoms with Gasteiger partial charge in [-0.1, -0.05) is 5.92 Å². The Balaban J connectivity index is 3.05. The molecular weight excluding hydrogens is 174 g/mol. The van der Waals surface area contributed by atoms with E-state index < -0.39 is 0 Å². The number of aromatic nitrogens is 1. The third kappa shape index (κ3) is 2.08. The average molecular weight is 180 g/mol. The zero-order chi connectivity index (χ0) is 8.81. The molecule has 1 aromatic rings. The Morgan fingerprint density at radius 3 is 3.17 bits per heavy atom. The number of carbonyl (C=O) groups excluding carboxylic acids is 1. The summed E-state index contributed by atoms with van der Waals surface area (Å²) in [6.07, 6.45) is 2.32. The van der Waals surface area contributed by atoms with Gasteiger partial charge < -0.3 is 0 Å². The van der Waals surface area contributed by atoms with Gasteiger partial charge in [0.2, 0.25) is 0 Å². The van der Waals surface area contributed by atoms with Crippen LogP contribution in [0.15, 0.2) is 18.3 Å². The fourth-order valence-corrected chi connectivity index (χ4v) is 0.801. The van der Waals surface area contributed by atoms with Crippen LogP contribution in [0.25, 0.3) is 0 Å². The standard InChI is InChI=1S/C9H6ClNO/c10-5-1-4-9-8(7-12)3-2-6-11-9/h2-3,6-7H,5H2. The monoisotopic (exact) mass is 179 g/mol. The summed E-state index contributed by atoms with van der Waals surface area (Å²) in [6, 6.07) is 3.36. The van der Waals surface area contributed by atoms with E-state index in [2.05, 4.69) is 16.8 Å². The van der Waals surface area contributed by atoms with Crippen molar-refractivity contribution in [2.45, 2.75) is 0 Å². The van der Waals surface area contributed by atoms with Gasteiger partial charge in [-0.2, -0.15) is 0 Å². The van der Waals surface area contributed by atoms with Crippen molar-refractivity contribution in [1.82, 2.24) is 4.98 Å². The fraction of sp³-hybridized carbons (Fsp3) is 0.111. The van der Waals surface area contributed by atoms with Crippen molar-refractivity contribution in [1.29, 1.82) is 0 Å². The Labute approximate surface area is 75.6 Å². The van der Waals surface area contributed by atoms with Crippen LogP contribution >= 0.6 is 11.6 Å². The van der Waals surface area contributed by atoms with Gasteiger partial charge in [0, 0.05) is 11.8 Å². The van der Waals surface area contributed by atoms with Gasteiger partial charge in [-0.3, -0.25) is 4.79 Å². The molecule has 0 atom stereocenters. The van der Waals surface area contributed by atoms with Crippen molar-refractivity contribution in [3.63, 3.8) is 0 Å². The van der Waals surface area contributed by atoms with Crippen molar-refractivity contribution in [2.75, 3.05) is 5.88 Å². The first kappa shape index (κ1) is 8.76. The minimum atomic E-state index is 0.245. The highest BCUT2D eigenvalue weighted by atomic mass is 35.5. The van der Waals surface area contributed by atoms with E-state index in [-0.39, 0.29) is 5.88 Å². The first-order valence-corrected chi connectivity index (χ1v) is 3.87. The zero-order valence-corrected chi connectivity index (χ0v) is 7.01. The molecular formula is C9H6ClNO. The molecule has 0 aliphatic heterocycles. The number of alkyl halides is 1. The highest BCUT2D eigenvalue weighted by molar-refractivity contribution is 6.19. The minimum absolute atomic E-state index is 0.245. The van der Waals surface area contributed by atoms with Gasteiger partial charge in [0.1, 0.15) is 5.69 Å². The van der Waals surface area contributed by atoms with Crippen LogP contribution in [0.1, 0.15) is 16.1 Å². The number of nitrogens with zero attached hydrogens (tertiary/aromatic N) is 1. The molecule has 12 heavy (non-hydrogen) atoms. The van der Waals surface area contributed by atoms with Crippen molar-refractivity contribution in [3.05, 3.63) is 29.6 Å². The summed E-state index contributed by atoms with van der Waals surface area (Å²) in [7, 11) is 0. The maximum absolute atomic E-state index is 10.4. The van der Waals surface area contributed by atoms with E-state index >= 15 is 0 Å². The lowest BCUT2D eigenvalue weighted by Gasteiger charge is -1.91. The smallest absolute Gasteiger partial charge is 0.152 e. The molecule has 0 aliphatic rings. The Kier molecular flexibility index (Phi) is 3.31.